The van der Waals surface area contributed by atoms with Gasteiger partial charge >= 0.3 is 0 Å². The van der Waals surface area contributed by atoms with Crippen LogP contribution in [-0.2, 0) is 0 Å². The van der Waals surface area contributed by atoms with E-state index in [1.54, 1.807) is 0 Å². The van der Waals surface area contributed by atoms with E-state index in [2.05, 4.69) is 29.4 Å². The molecule has 2 heterocycles. The van der Waals surface area contributed by atoms with Crippen LogP contribution in [0, 0.1) is 0 Å². The van der Waals surface area contributed by atoms with Crippen LogP contribution >= 0.6 is 0 Å². The first-order valence-electron chi connectivity index (χ1n) is 6.64. The van der Waals surface area contributed by atoms with Crippen molar-refractivity contribution in [2.24, 2.45) is 0 Å². The standard InChI is InChI=1S/C14H20N2O2/c1-16-6-4-12(15-5-7-16)11-2-3-13-14(10-11)18-9-8-17-13/h2-3,10,12,15H,4-9H2,1H3. The van der Waals surface area contributed by atoms with Gasteiger partial charge < -0.3 is 19.7 Å². The Morgan fingerprint density at radius 2 is 2.00 bits per heavy atom. The Morgan fingerprint density at radius 1 is 1.17 bits per heavy atom. The summed E-state index contributed by atoms with van der Waals surface area (Å²) in [6.07, 6.45) is 1.14. The first-order valence-corrected chi connectivity index (χ1v) is 6.64. The number of nitrogens with zero attached hydrogens (tertiary/aromatic N) is 1. The second-order valence-corrected chi connectivity index (χ2v) is 5.00. The van der Waals surface area contributed by atoms with E-state index in [4.69, 9.17) is 9.47 Å². The van der Waals surface area contributed by atoms with Crippen LogP contribution in [0.5, 0.6) is 11.5 Å². The molecule has 0 bridgehead atoms. The van der Waals surface area contributed by atoms with E-state index >= 15 is 0 Å². The molecule has 1 fully saturated rings. The monoisotopic (exact) mass is 248 g/mol. The van der Waals surface area contributed by atoms with Gasteiger partial charge in [-0.05, 0) is 37.7 Å². The van der Waals surface area contributed by atoms with Gasteiger partial charge in [-0.2, -0.15) is 0 Å². The number of rotatable bonds is 1. The highest BCUT2D eigenvalue weighted by molar-refractivity contribution is 5.44. The van der Waals surface area contributed by atoms with Crippen molar-refractivity contribution in [1.82, 2.24) is 10.2 Å². The highest BCUT2D eigenvalue weighted by atomic mass is 16.6. The zero-order valence-electron chi connectivity index (χ0n) is 10.8. The minimum Gasteiger partial charge on any atom is -0.486 e. The zero-order valence-corrected chi connectivity index (χ0v) is 10.8. The lowest BCUT2D eigenvalue weighted by Gasteiger charge is -2.22. The van der Waals surface area contributed by atoms with Crippen LogP contribution in [0.2, 0.25) is 0 Å². The molecule has 98 valence electrons. The summed E-state index contributed by atoms with van der Waals surface area (Å²) in [5.74, 6) is 1.76. The van der Waals surface area contributed by atoms with Crippen LogP contribution in [0.4, 0.5) is 0 Å². The summed E-state index contributed by atoms with van der Waals surface area (Å²) in [6.45, 7) is 4.58. The minimum absolute atomic E-state index is 0.422. The second kappa shape index (κ2) is 5.16. The van der Waals surface area contributed by atoms with E-state index in [1.807, 2.05) is 6.07 Å². The van der Waals surface area contributed by atoms with Gasteiger partial charge in [-0.25, -0.2) is 0 Å². The molecule has 1 aromatic rings. The third kappa shape index (κ3) is 2.44. The Kier molecular flexibility index (Phi) is 3.39. The molecule has 0 amide bonds. The number of hydrogen-bond donors (Lipinski definition) is 1. The number of ether oxygens (including phenoxy) is 2. The molecule has 0 radical (unpaired) electrons. The zero-order chi connectivity index (χ0) is 12.4. The summed E-state index contributed by atoms with van der Waals surface area (Å²) in [7, 11) is 2.17. The van der Waals surface area contributed by atoms with Gasteiger partial charge in [-0.15, -0.1) is 0 Å². The van der Waals surface area contributed by atoms with Crippen LogP contribution in [0.1, 0.15) is 18.0 Å². The maximum absolute atomic E-state index is 5.64. The van der Waals surface area contributed by atoms with Crippen molar-refractivity contribution in [2.75, 3.05) is 39.9 Å². The smallest absolute Gasteiger partial charge is 0.161 e. The molecule has 4 nitrogen and oxygen atoms in total. The Bertz CT molecular complexity index is 422. The van der Waals surface area contributed by atoms with Crippen molar-refractivity contribution in [2.45, 2.75) is 12.5 Å². The molecule has 1 atom stereocenters. The summed E-state index contributed by atoms with van der Waals surface area (Å²) < 4.78 is 11.2. The van der Waals surface area contributed by atoms with E-state index in [0.717, 1.165) is 37.6 Å². The lowest BCUT2D eigenvalue weighted by atomic mass is 10.0. The average molecular weight is 248 g/mol. The predicted molar refractivity (Wildman–Crippen MR) is 70.3 cm³/mol. The molecule has 1 aromatic carbocycles. The topological polar surface area (TPSA) is 33.7 Å². The molecule has 4 heteroatoms. The third-order valence-electron chi connectivity index (χ3n) is 3.65. The molecule has 0 spiro atoms. The van der Waals surface area contributed by atoms with E-state index < -0.39 is 0 Å². The molecular formula is C14H20N2O2. The molecule has 2 aliphatic rings. The molecule has 3 rings (SSSR count). The van der Waals surface area contributed by atoms with Crippen molar-refractivity contribution in [3.8, 4) is 11.5 Å². The van der Waals surface area contributed by atoms with Gasteiger partial charge in [0.25, 0.3) is 0 Å². The van der Waals surface area contributed by atoms with E-state index in [0.29, 0.717) is 19.3 Å². The van der Waals surface area contributed by atoms with Crippen LogP contribution in [-0.4, -0.2) is 44.8 Å². The first-order chi connectivity index (χ1) is 8.83. The fourth-order valence-electron chi connectivity index (χ4n) is 2.55. The maximum Gasteiger partial charge on any atom is 0.161 e. The number of likely N-dealkylation sites (N-methyl/N-ethyl adjacent to an activating group) is 1. The van der Waals surface area contributed by atoms with E-state index in [9.17, 15) is 0 Å². The summed E-state index contributed by atoms with van der Waals surface area (Å²) in [4.78, 5) is 2.37. The maximum atomic E-state index is 5.64. The predicted octanol–water partition coefficient (Wildman–Crippen LogP) is 1.42. The van der Waals surface area contributed by atoms with E-state index in [-0.39, 0.29) is 0 Å². The van der Waals surface area contributed by atoms with Crippen LogP contribution in [0.3, 0.4) is 0 Å². The SMILES string of the molecule is CN1CCNC(c2ccc3c(c2)OCCO3)CC1. The average Bonchev–Trinajstić information content (AvgIpc) is 2.63. The molecule has 1 saturated heterocycles. The van der Waals surface area contributed by atoms with Gasteiger partial charge in [0.1, 0.15) is 13.2 Å². The van der Waals surface area contributed by atoms with Crippen molar-refractivity contribution in [3.63, 3.8) is 0 Å². The molecule has 0 aliphatic carbocycles. The highest BCUT2D eigenvalue weighted by Crippen LogP contribution is 2.33. The fourth-order valence-corrected chi connectivity index (χ4v) is 2.55. The molecule has 1 N–H and O–H groups in total. The van der Waals surface area contributed by atoms with Gasteiger partial charge in [0.05, 0.1) is 0 Å². The number of benzene rings is 1. The number of fused-ring (bicyclic) bond motifs is 1. The lowest BCUT2D eigenvalue weighted by molar-refractivity contribution is 0.171. The molecule has 0 saturated carbocycles. The molecular weight excluding hydrogens is 228 g/mol. The van der Waals surface area contributed by atoms with Crippen molar-refractivity contribution >= 4 is 0 Å². The summed E-state index contributed by atoms with van der Waals surface area (Å²) in [6, 6.07) is 6.72. The Hall–Kier alpha value is -1.26. The Morgan fingerprint density at radius 3 is 2.89 bits per heavy atom. The lowest BCUT2D eigenvalue weighted by Crippen LogP contribution is -2.25. The molecule has 18 heavy (non-hydrogen) atoms. The third-order valence-corrected chi connectivity index (χ3v) is 3.65. The second-order valence-electron chi connectivity index (χ2n) is 5.00. The number of nitrogens with one attached hydrogen (secondary N) is 1. The Labute approximate surface area is 108 Å². The highest BCUT2D eigenvalue weighted by Gasteiger charge is 2.19. The van der Waals surface area contributed by atoms with Crippen molar-refractivity contribution < 1.29 is 9.47 Å². The minimum atomic E-state index is 0.422. The van der Waals surface area contributed by atoms with Gasteiger partial charge in [-0.3, -0.25) is 0 Å². The fraction of sp³-hybridized carbons (Fsp3) is 0.571. The molecule has 2 aliphatic heterocycles. The number of hydrogen-bond acceptors (Lipinski definition) is 4. The normalized spacial score (nSPS) is 24.6. The van der Waals surface area contributed by atoms with Gasteiger partial charge in [-0.1, -0.05) is 6.07 Å². The summed E-state index contributed by atoms with van der Waals surface area (Å²) >= 11 is 0. The van der Waals surface area contributed by atoms with Crippen LogP contribution in [0.25, 0.3) is 0 Å². The van der Waals surface area contributed by atoms with Crippen LogP contribution in [0.15, 0.2) is 18.2 Å². The van der Waals surface area contributed by atoms with Crippen molar-refractivity contribution in [1.29, 1.82) is 0 Å². The Balaban J connectivity index is 1.79. The van der Waals surface area contributed by atoms with Gasteiger partial charge in [0.15, 0.2) is 11.5 Å². The molecule has 1 unspecified atom stereocenters. The van der Waals surface area contributed by atoms with E-state index in [1.165, 1.54) is 5.56 Å². The van der Waals surface area contributed by atoms with Gasteiger partial charge in [0, 0.05) is 19.1 Å². The summed E-state index contributed by atoms with van der Waals surface area (Å²) in [5, 5.41) is 3.60. The summed E-state index contributed by atoms with van der Waals surface area (Å²) in [5.41, 5.74) is 1.30. The molecule has 0 aromatic heterocycles. The first kappa shape index (κ1) is 11.8. The quantitative estimate of drug-likeness (QED) is 0.815. The van der Waals surface area contributed by atoms with Crippen LogP contribution < -0.4 is 14.8 Å². The van der Waals surface area contributed by atoms with Crippen molar-refractivity contribution in [3.05, 3.63) is 23.8 Å². The largest absolute Gasteiger partial charge is 0.486 e. The van der Waals surface area contributed by atoms with Gasteiger partial charge in [0.2, 0.25) is 0 Å².